The van der Waals surface area contributed by atoms with Crippen LogP contribution in [0.15, 0.2) is 46.2 Å². The number of nitrogens with zero attached hydrogens (tertiary/aromatic N) is 2. The van der Waals surface area contributed by atoms with Crippen molar-refractivity contribution in [2.75, 3.05) is 10.9 Å². The third kappa shape index (κ3) is 4.16. The molecule has 0 aliphatic rings. The fourth-order valence-corrected chi connectivity index (χ4v) is 8.05. The van der Waals surface area contributed by atoms with Crippen LogP contribution in [0.4, 0.5) is 10.3 Å². The van der Waals surface area contributed by atoms with Crippen LogP contribution < -0.4 is 10.9 Å². The van der Waals surface area contributed by atoms with Crippen LogP contribution in [0, 0.1) is 0 Å². The van der Waals surface area contributed by atoms with E-state index in [2.05, 4.69) is 20.8 Å². The molecule has 14 heteroatoms. The largest absolute Gasteiger partial charge is 0.744 e. The van der Waals surface area contributed by atoms with Gasteiger partial charge in [0, 0.05) is 33.1 Å². The number of hydrogen-bond donors (Lipinski definition) is 2. The molecule has 32 heavy (non-hydrogen) atoms. The van der Waals surface area contributed by atoms with Crippen molar-refractivity contribution in [1.29, 1.82) is 0 Å². The summed E-state index contributed by atoms with van der Waals surface area (Å²) in [5, 5.41) is 1.15. The van der Waals surface area contributed by atoms with Crippen molar-refractivity contribution >= 4 is 71.9 Å². The molecule has 4 aromatic rings. The van der Waals surface area contributed by atoms with E-state index in [1.165, 1.54) is 36.4 Å². The lowest BCUT2D eigenvalue weighted by Gasteiger charge is -2.04. The number of hydrazine groups is 1. The maximum Gasteiger partial charge on any atom is 0.359 e. The minimum absolute atomic E-state index is 0.293. The molecule has 2 N–H and O–H groups in total. The molecule has 0 saturated heterocycles. The van der Waals surface area contributed by atoms with Gasteiger partial charge in [-0.1, -0.05) is 0 Å². The molecule has 2 heterocycles. The molecule has 0 bridgehead atoms. The van der Waals surface area contributed by atoms with Gasteiger partial charge in [-0.25, -0.2) is 27.7 Å². The Morgan fingerprint density at radius 1 is 0.750 bits per heavy atom. The Morgan fingerprint density at radius 3 is 1.44 bits per heavy atom. The average Bonchev–Trinajstić information content (AvgIpc) is 3.26. The minimum Gasteiger partial charge on any atom is -0.744 e. The summed E-state index contributed by atoms with van der Waals surface area (Å²) >= 11 is 0. The van der Waals surface area contributed by atoms with E-state index in [4.69, 9.17) is 0 Å². The predicted molar refractivity (Wildman–Crippen MR) is 123 cm³/mol. The lowest BCUT2D eigenvalue weighted by Crippen LogP contribution is -2.09. The quantitative estimate of drug-likeness (QED) is 0.211. The maximum atomic E-state index is 11.4. The van der Waals surface area contributed by atoms with Gasteiger partial charge in [0.05, 0.1) is 9.79 Å². The van der Waals surface area contributed by atoms with Crippen LogP contribution >= 0.6 is 20.9 Å². The van der Waals surface area contributed by atoms with Crippen molar-refractivity contribution in [2.45, 2.75) is 35.1 Å². The third-order valence-corrected chi connectivity index (χ3v) is 10.6. The summed E-state index contributed by atoms with van der Waals surface area (Å²) in [5.74, 6) is 1.28. The highest BCUT2D eigenvalue weighted by Crippen LogP contribution is 2.42. The normalized spacial score (nSPS) is 13.6. The molecule has 0 amide bonds. The Balaban J connectivity index is 1.71. The number of fused-ring (bicyclic) bond motifs is 2. The zero-order valence-electron chi connectivity index (χ0n) is 16.9. The first kappa shape index (κ1) is 22.8. The number of aromatic nitrogens is 2. The Bertz CT molecular complexity index is 1440. The summed E-state index contributed by atoms with van der Waals surface area (Å²) in [6.45, 7) is 3.86. The lowest BCUT2D eigenvalue weighted by molar-refractivity contribution is 0.461. The molecule has 170 valence electrons. The van der Waals surface area contributed by atoms with Crippen molar-refractivity contribution in [3.63, 3.8) is 0 Å². The lowest BCUT2D eigenvalue weighted by atomic mass is 10.3. The van der Waals surface area contributed by atoms with Crippen LogP contribution in [0.25, 0.3) is 20.4 Å². The highest BCUT2D eigenvalue weighted by atomic mass is 32.2. The van der Waals surface area contributed by atoms with Gasteiger partial charge in [0.15, 0.2) is 0 Å². The molecular formula is C18H18N4O6S4. The summed E-state index contributed by atoms with van der Waals surface area (Å²) < 4.78 is 69.6. The molecule has 0 saturated carbocycles. The fraction of sp³-hybridized carbons (Fsp3) is 0.222. The first-order valence-corrected chi connectivity index (χ1v) is 14.9. The molecule has 2 atom stereocenters. The second-order valence-corrected chi connectivity index (χ2v) is 13.7. The van der Waals surface area contributed by atoms with E-state index in [0.717, 1.165) is 0 Å². The van der Waals surface area contributed by atoms with Crippen molar-refractivity contribution in [1.82, 2.24) is 9.97 Å². The van der Waals surface area contributed by atoms with Crippen LogP contribution in [0.3, 0.4) is 0 Å². The van der Waals surface area contributed by atoms with Gasteiger partial charge in [0.2, 0.25) is 9.40 Å². The number of nitrogens with one attached hydrogen (secondary N) is 2. The zero-order chi connectivity index (χ0) is 23.3. The van der Waals surface area contributed by atoms with Gasteiger partial charge in [-0.15, -0.1) is 0 Å². The van der Waals surface area contributed by atoms with Crippen LogP contribution in [-0.2, 0) is 31.7 Å². The van der Waals surface area contributed by atoms with Crippen molar-refractivity contribution in [2.24, 2.45) is 0 Å². The molecule has 4 rings (SSSR count). The van der Waals surface area contributed by atoms with Crippen LogP contribution in [0.2, 0.25) is 0 Å². The topological polar surface area (TPSA) is 164 Å². The van der Waals surface area contributed by atoms with E-state index in [1.54, 1.807) is 0 Å². The summed E-state index contributed by atoms with van der Waals surface area (Å²) in [7, 11) is -10.3. The van der Waals surface area contributed by atoms with E-state index >= 15 is 0 Å². The standard InChI is InChI=1S/C18H18N4O6S4/c1-3-29-15-9-11(31(23,24)25)5-7-13(15)19-17(29)21-22-18-20-14-8-6-12(32(26,27)28)10-16(14)30(18)4-2/h5-10H,3-4H2,1-2H3,(H2-2,19,20,21,22,23,24,25,26,27,28). The molecule has 0 fully saturated rings. The molecule has 0 aliphatic heterocycles. The smallest absolute Gasteiger partial charge is 0.359 e. The highest BCUT2D eigenvalue weighted by Gasteiger charge is 2.26. The second kappa shape index (κ2) is 8.20. The number of anilines is 2. The first-order chi connectivity index (χ1) is 15.0. The second-order valence-electron chi connectivity index (χ2n) is 6.61. The molecule has 2 aromatic carbocycles. The predicted octanol–water partition coefficient (Wildman–Crippen LogP) is 3.57. The van der Waals surface area contributed by atoms with Crippen molar-refractivity contribution in [3.8, 4) is 0 Å². The van der Waals surface area contributed by atoms with Gasteiger partial charge >= 0.3 is 10.3 Å². The van der Waals surface area contributed by atoms with Gasteiger partial charge in [0.1, 0.15) is 42.8 Å². The van der Waals surface area contributed by atoms with Crippen molar-refractivity contribution in [3.05, 3.63) is 36.4 Å². The van der Waals surface area contributed by atoms with E-state index in [0.29, 0.717) is 42.2 Å². The average molecular weight is 515 g/mol. The molecule has 0 radical (unpaired) electrons. The summed E-state index contributed by atoms with van der Waals surface area (Å²) in [6.07, 6.45) is 0. The monoisotopic (exact) mass is 514 g/mol. The van der Waals surface area contributed by atoms with E-state index in [-0.39, 0.29) is 9.79 Å². The van der Waals surface area contributed by atoms with Crippen LogP contribution in [0.1, 0.15) is 13.8 Å². The molecule has 10 nitrogen and oxygen atoms in total. The molecular weight excluding hydrogens is 496 g/mol. The number of hydrogen-bond acceptors (Lipinski definition) is 10. The van der Waals surface area contributed by atoms with Gasteiger partial charge in [-0.05, 0) is 38.1 Å². The Morgan fingerprint density at radius 2 is 1.12 bits per heavy atom. The number of thiazole rings is 2. The number of benzene rings is 2. The summed E-state index contributed by atoms with van der Waals surface area (Å²) in [5.41, 5.74) is 7.28. The van der Waals surface area contributed by atoms with Crippen molar-refractivity contribution < 1.29 is 25.9 Å². The fourth-order valence-electron chi connectivity index (χ4n) is 3.29. The highest BCUT2D eigenvalue weighted by molar-refractivity contribution is 7.86. The third-order valence-electron chi connectivity index (χ3n) is 4.74. The molecule has 2 unspecified atom stereocenters. The Hall–Kier alpha value is -2.36. The Kier molecular flexibility index (Phi) is 5.85. The first-order valence-electron chi connectivity index (χ1n) is 9.34. The van der Waals surface area contributed by atoms with E-state index < -0.39 is 41.2 Å². The molecule has 0 aliphatic carbocycles. The van der Waals surface area contributed by atoms with Gasteiger partial charge < -0.3 is 9.11 Å². The van der Waals surface area contributed by atoms with E-state index in [1.807, 2.05) is 13.8 Å². The number of rotatable bonds is 7. The molecule has 0 spiro atoms. The SMILES string of the molecule is CC[s+]1c(NNc2nc3ccc(S(=O)(=O)[O-])cc3[s+]2CC)nc2ccc(S(=O)(=O)[O-])cc21. The minimum atomic E-state index is -4.57. The zero-order valence-corrected chi connectivity index (χ0v) is 20.1. The van der Waals surface area contributed by atoms with E-state index in [9.17, 15) is 25.9 Å². The molecule has 2 aromatic heterocycles. The van der Waals surface area contributed by atoms with Gasteiger partial charge in [-0.2, -0.15) is 9.97 Å². The van der Waals surface area contributed by atoms with Crippen LogP contribution in [-0.4, -0.2) is 35.9 Å². The van der Waals surface area contributed by atoms with Crippen LogP contribution in [0.5, 0.6) is 0 Å². The Labute approximate surface area is 189 Å². The van der Waals surface area contributed by atoms with Gasteiger partial charge in [-0.3, -0.25) is 0 Å². The summed E-state index contributed by atoms with van der Waals surface area (Å²) in [4.78, 5) is 8.46. The summed E-state index contributed by atoms with van der Waals surface area (Å²) in [6, 6.07) is 8.24. The van der Waals surface area contributed by atoms with Gasteiger partial charge in [0.25, 0.3) is 0 Å². The number of aryl methyl sites for hydroxylation is 2. The maximum absolute atomic E-state index is 11.4.